The quantitative estimate of drug-likeness (QED) is 0.581. The predicted octanol–water partition coefficient (Wildman–Crippen LogP) is 4.95. The highest BCUT2D eigenvalue weighted by molar-refractivity contribution is 9.09. The van der Waals surface area contributed by atoms with Crippen LogP contribution in [0.2, 0.25) is 0 Å². The number of alkyl halides is 1. The van der Waals surface area contributed by atoms with Gasteiger partial charge in [0.1, 0.15) is 0 Å². The Morgan fingerprint density at radius 2 is 2.18 bits per heavy atom. The normalized spacial score (nSPS) is 18.2. The number of thioether (sulfide) groups is 1. The van der Waals surface area contributed by atoms with E-state index in [0.717, 1.165) is 10.8 Å². The van der Waals surface area contributed by atoms with Gasteiger partial charge in [-0.3, -0.25) is 0 Å². The Hall–Kier alpha value is -0.0600. The standard InChI is InChI=1S/C13H14BrNS2/c14-8-13(6-3-7-13)9-16-12-15-10-4-1-2-5-11(10)17-12/h1-2,4-5H,3,6-9H2. The van der Waals surface area contributed by atoms with E-state index in [9.17, 15) is 0 Å². The minimum absolute atomic E-state index is 0.544. The van der Waals surface area contributed by atoms with Crippen molar-refractivity contribution in [1.82, 2.24) is 4.98 Å². The molecule has 0 atom stereocenters. The Labute approximate surface area is 118 Å². The van der Waals surface area contributed by atoms with Crippen molar-refractivity contribution in [1.29, 1.82) is 0 Å². The van der Waals surface area contributed by atoms with Crippen LogP contribution in [0.5, 0.6) is 0 Å². The van der Waals surface area contributed by atoms with Gasteiger partial charge in [0, 0.05) is 11.1 Å². The average molecular weight is 328 g/mol. The summed E-state index contributed by atoms with van der Waals surface area (Å²) in [5.74, 6) is 1.21. The van der Waals surface area contributed by atoms with Gasteiger partial charge in [0.25, 0.3) is 0 Å². The Morgan fingerprint density at radius 1 is 1.35 bits per heavy atom. The lowest BCUT2D eigenvalue weighted by Crippen LogP contribution is -2.33. The number of hydrogen-bond acceptors (Lipinski definition) is 3. The molecule has 0 spiro atoms. The number of rotatable bonds is 4. The Bertz CT molecular complexity index is 480. The van der Waals surface area contributed by atoms with Crippen molar-refractivity contribution in [2.75, 3.05) is 11.1 Å². The molecule has 1 aliphatic carbocycles. The number of fused-ring (bicyclic) bond motifs is 1. The van der Waals surface area contributed by atoms with Crippen LogP contribution in [0.1, 0.15) is 19.3 Å². The van der Waals surface area contributed by atoms with Crippen LogP contribution < -0.4 is 0 Å². The van der Waals surface area contributed by atoms with E-state index in [-0.39, 0.29) is 0 Å². The second kappa shape index (κ2) is 4.90. The van der Waals surface area contributed by atoms with E-state index in [1.54, 1.807) is 0 Å². The first-order chi connectivity index (χ1) is 8.31. The molecule has 3 rings (SSSR count). The van der Waals surface area contributed by atoms with Crippen LogP contribution in [0, 0.1) is 5.41 Å². The van der Waals surface area contributed by atoms with Crippen molar-refractivity contribution in [2.24, 2.45) is 5.41 Å². The van der Waals surface area contributed by atoms with Gasteiger partial charge in [-0.15, -0.1) is 11.3 Å². The Kier molecular flexibility index (Phi) is 3.46. The zero-order chi connectivity index (χ0) is 11.7. The summed E-state index contributed by atoms with van der Waals surface area (Å²) < 4.78 is 2.52. The predicted molar refractivity (Wildman–Crippen MR) is 80.4 cm³/mol. The molecule has 0 saturated heterocycles. The molecule has 1 fully saturated rings. The van der Waals surface area contributed by atoms with E-state index in [1.807, 2.05) is 23.1 Å². The lowest BCUT2D eigenvalue weighted by atomic mass is 9.72. The number of halogens is 1. The fourth-order valence-corrected chi connectivity index (χ4v) is 5.50. The number of thiazole rings is 1. The van der Waals surface area contributed by atoms with Crippen LogP contribution in [0.15, 0.2) is 28.6 Å². The molecule has 1 saturated carbocycles. The van der Waals surface area contributed by atoms with Crippen LogP contribution in [-0.2, 0) is 0 Å². The number of benzene rings is 1. The second-order valence-electron chi connectivity index (χ2n) is 4.72. The van der Waals surface area contributed by atoms with Crippen LogP contribution in [0.4, 0.5) is 0 Å². The van der Waals surface area contributed by atoms with E-state index in [4.69, 9.17) is 0 Å². The summed E-state index contributed by atoms with van der Waals surface area (Å²) in [4.78, 5) is 4.67. The van der Waals surface area contributed by atoms with Crippen molar-refractivity contribution in [2.45, 2.75) is 23.6 Å². The van der Waals surface area contributed by atoms with Crippen molar-refractivity contribution in [3.05, 3.63) is 24.3 Å². The molecule has 0 unspecified atom stereocenters. The summed E-state index contributed by atoms with van der Waals surface area (Å²) in [6.07, 6.45) is 4.14. The summed E-state index contributed by atoms with van der Waals surface area (Å²) in [5.41, 5.74) is 1.68. The van der Waals surface area contributed by atoms with Crippen LogP contribution in [-0.4, -0.2) is 16.1 Å². The third-order valence-corrected chi connectivity index (χ3v) is 7.19. The third kappa shape index (κ3) is 2.40. The summed E-state index contributed by atoms with van der Waals surface area (Å²) in [5, 5.41) is 1.14. The molecule has 0 radical (unpaired) electrons. The summed E-state index contributed by atoms with van der Waals surface area (Å²) in [7, 11) is 0. The van der Waals surface area contributed by atoms with Crippen LogP contribution in [0.3, 0.4) is 0 Å². The summed E-state index contributed by atoms with van der Waals surface area (Å²) in [6.45, 7) is 0. The van der Waals surface area contributed by atoms with E-state index in [2.05, 4.69) is 45.2 Å². The molecular formula is C13H14BrNS2. The van der Waals surface area contributed by atoms with Gasteiger partial charge in [-0.05, 0) is 30.4 Å². The lowest BCUT2D eigenvalue weighted by molar-refractivity contribution is 0.206. The maximum absolute atomic E-state index is 4.67. The van der Waals surface area contributed by atoms with Gasteiger partial charge < -0.3 is 0 Å². The molecule has 0 aliphatic heterocycles. The maximum Gasteiger partial charge on any atom is 0.151 e. The zero-order valence-corrected chi connectivity index (χ0v) is 12.7. The van der Waals surface area contributed by atoms with Gasteiger partial charge in [-0.2, -0.15) is 0 Å². The number of aromatic nitrogens is 1. The molecule has 0 amide bonds. The van der Waals surface area contributed by atoms with Gasteiger partial charge in [0.05, 0.1) is 10.2 Å². The molecule has 17 heavy (non-hydrogen) atoms. The van der Waals surface area contributed by atoms with Gasteiger partial charge in [-0.25, -0.2) is 4.98 Å². The monoisotopic (exact) mass is 327 g/mol. The molecule has 4 heteroatoms. The van der Waals surface area contributed by atoms with Gasteiger partial charge >= 0.3 is 0 Å². The lowest BCUT2D eigenvalue weighted by Gasteiger charge is -2.40. The average Bonchev–Trinajstić information content (AvgIpc) is 2.71. The van der Waals surface area contributed by atoms with E-state index in [0.29, 0.717) is 5.41 Å². The molecule has 0 bridgehead atoms. The van der Waals surface area contributed by atoms with Crippen molar-refractivity contribution < 1.29 is 0 Å². The molecule has 0 N–H and O–H groups in total. The first kappa shape index (κ1) is 12.0. The minimum Gasteiger partial charge on any atom is -0.230 e. The Morgan fingerprint density at radius 3 is 2.82 bits per heavy atom. The summed E-state index contributed by atoms with van der Waals surface area (Å²) >= 11 is 7.41. The second-order valence-corrected chi connectivity index (χ2v) is 7.54. The van der Waals surface area contributed by atoms with Crippen molar-refractivity contribution in [3.8, 4) is 0 Å². The highest BCUT2D eigenvalue weighted by atomic mass is 79.9. The minimum atomic E-state index is 0.544. The molecule has 1 aromatic heterocycles. The van der Waals surface area contributed by atoms with Gasteiger partial charge in [-0.1, -0.05) is 46.2 Å². The first-order valence-corrected chi connectivity index (χ1v) is 8.78. The van der Waals surface area contributed by atoms with Crippen molar-refractivity contribution in [3.63, 3.8) is 0 Å². The van der Waals surface area contributed by atoms with Gasteiger partial charge in [0.15, 0.2) is 4.34 Å². The smallest absolute Gasteiger partial charge is 0.151 e. The molecule has 90 valence electrons. The number of hydrogen-bond donors (Lipinski definition) is 0. The third-order valence-electron chi connectivity index (χ3n) is 3.47. The fourth-order valence-electron chi connectivity index (χ4n) is 2.12. The topological polar surface area (TPSA) is 12.9 Å². The molecular weight excluding hydrogens is 314 g/mol. The van der Waals surface area contributed by atoms with Gasteiger partial charge in [0.2, 0.25) is 0 Å². The Balaban J connectivity index is 1.72. The molecule has 2 aromatic rings. The molecule has 1 aromatic carbocycles. The largest absolute Gasteiger partial charge is 0.230 e. The van der Waals surface area contributed by atoms with Crippen molar-refractivity contribution >= 4 is 49.2 Å². The first-order valence-electron chi connectivity index (χ1n) is 5.86. The SMILES string of the molecule is BrCC1(CSc2nc3ccccc3s2)CCC1. The highest BCUT2D eigenvalue weighted by Gasteiger charge is 2.35. The van der Waals surface area contributed by atoms with E-state index < -0.39 is 0 Å². The number of nitrogens with zero attached hydrogens (tertiary/aromatic N) is 1. The van der Waals surface area contributed by atoms with Crippen LogP contribution in [0.25, 0.3) is 10.2 Å². The molecule has 1 nitrogen and oxygen atoms in total. The highest BCUT2D eigenvalue weighted by Crippen LogP contribution is 2.46. The van der Waals surface area contributed by atoms with E-state index in [1.165, 1.54) is 34.1 Å². The van der Waals surface area contributed by atoms with E-state index >= 15 is 0 Å². The fraction of sp³-hybridized carbons (Fsp3) is 0.462. The maximum atomic E-state index is 4.67. The number of para-hydroxylation sites is 1. The molecule has 1 aliphatic rings. The van der Waals surface area contributed by atoms with Crippen LogP contribution >= 0.6 is 39.0 Å². The summed E-state index contributed by atoms with van der Waals surface area (Å²) in [6, 6.07) is 8.39. The molecule has 1 heterocycles. The zero-order valence-electron chi connectivity index (χ0n) is 9.49.